The maximum atomic E-state index is 11.6. The van der Waals surface area contributed by atoms with Crippen molar-refractivity contribution >= 4 is 18.1 Å². The highest BCUT2D eigenvalue weighted by molar-refractivity contribution is 6.35. The number of carbonyl (C=O) groups excluding carboxylic acids is 3. The third-order valence-corrected chi connectivity index (χ3v) is 2.58. The molecule has 1 aliphatic heterocycles. The van der Waals surface area contributed by atoms with Gasteiger partial charge in [-0.05, 0) is 6.92 Å². The van der Waals surface area contributed by atoms with E-state index in [4.69, 9.17) is 0 Å². The van der Waals surface area contributed by atoms with Gasteiger partial charge in [-0.1, -0.05) is 6.92 Å². The molecule has 1 aliphatic rings. The molecule has 2 unspecified atom stereocenters. The Hall–Kier alpha value is -1.39. The minimum atomic E-state index is -0.509. The molecule has 2 atom stereocenters. The smallest absolute Gasteiger partial charge is 0.312 e. The van der Waals surface area contributed by atoms with Gasteiger partial charge in [0, 0.05) is 32.1 Å². The molecule has 0 aliphatic carbocycles. The largest absolute Gasteiger partial charge is 0.335 e. The maximum absolute atomic E-state index is 11.6. The van der Waals surface area contributed by atoms with Crippen molar-refractivity contribution in [1.82, 2.24) is 9.80 Å². The lowest BCUT2D eigenvalue weighted by atomic mass is 10.1. The molecule has 1 fully saturated rings. The van der Waals surface area contributed by atoms with Crippen LogP contribution in [0.25, 0.3) is 0 Å². The van der Waals surface area contributed by atoms with Crippen LogP contribution in [-0.2, 0) is 14.4 Å². The molecule has 0 saturated carbocycles. The Morgan fingerprint density at radius 3 is 2.60 bits per heavy atom. The van der Waals surface area contributed by atoms with Crippen molar-refractivity contribution in [1.29, 1.82) is 0 Å². The summed E-state index contributed by atoms with van der Waals surface area (Å²) in [4.78, 5) is 36.4. The summed E-state index contributed by atoms with van der Waals surface area (Å²) >= 11 is 0. The number of rotatable bonds is 3. The first kappa shape index (κ1) is 11.7. The number of nitrogens with zero attached hydrogens (tertiary/aromatic N) is 2. The van der Waals surface area contributed by atoms with Crippen LogP contribution in [0.15, 0.2) is 0 Å². The van der Waals surface area contributed by atoms with E-state index in [1.165, 1.54) is 9.80 Å². The third kappa shape index (κ3) is 2.34. The van der Waals surface area contributed by atoms with Gasteiger partial charge >= 0.3 is 11.8 Å². The Kier molecular flexibility index (Phi) is 3.44. The van der Waals surface area contributed by atoms with E-state index in [0.29, 0.717) is 13.1 Å². The summed E-state index contributed by atoms with van der Waals surface area (Å²) in [7, 11) is 1.61. The highest BCUT2D eigenvalue weighted by Gasteiger charge is 2.35. The van der Waals surface area contributed by atoms with E-state index in [-0.39, 0.29) is 12.0 Å². The summed E-state index contributed by atoms with van der Waals surface area (Å²) in [5.41, 5.74) is 0. The first-order valence-electron chi connectivity index (χ1n) is 4.98. The highest BCUT2D eigenvalue weighted by Crippen LogP contribution is 2.12. The number of hydrogen-bond donors (Lipinski definition) is 0. The quantitative estimate of drug-likeness (QED) is 0.468. The summed E-state index contributed by atoms with van der Waals surface area (Å²) in [6.07, 6.45) is 0.794. The van der Waals surface area contributed by atoms with Crippen LogP contribution in [0.3, 0.4) is 0 Å². The molecule has 0 spiro atoms. The van der Waals surface area contributed by atoms with Crippen LogP contribution in [-0.4, -0.2) is 54.1 Å². The van der Waals surface area contributed by atoms with Gasteiger partial charge in [0.05, 0.1) is 0 Å². The fraction of sp³-hybridized carbons (Fsp3) is 0.700. The number of piperazine rings is 1. The van der Waals surface area contributed by atoms with E-state index in [0.717, 1.165) is 6.29 Å². The standard InChI is InChI=1S/C10H16N2O3/c1-7(6-13)4-12-8(2)5-11(3)9(14)10(12)15/h6-8H,4-5H2,1-3H3. The number of carbonyl (C=O) groups is 3. The first-order valence-corrected chi connectivity index (χ1v) is 4.98. The van der Waals surface area contributed by atoms with Crippen LogP contribution in [0.1, 0.15) is 13.8 Å². The average molecular weight is 212 g/mol. The number of aldehydes is 1. The first-order chi connectivity index (χ1) is 6.97. The lowest BCUT2D eigenvalue weighted by Crippen LogP contribution is -2.58. The molecule has 5 nitrogen and oxygen atoms in total. The van der Waals surface area contributed by atoms with Crippen molar-refractivity contribution < 1.29 is 14.4 Å². The zero-order valence-electron chi connectivity index (χ0n) is 9.27. The van der Waals surface area contributed by atoms with Crippen LogP contribution in [0.4, 0.5) is 0 Å². The van der Waals surface area contributed by atoms with E-state index in [9.17, 15) is 14.4 Å². The van der Waals surface area contributed by atoms with Gasteiger partial charge in [-0.15, -0.1) is 0 Å². The zero-order chi connectivity index (χ0) is 11.6. The Morgan fingerprint density at radius 2 is 2.07 bits per heavy atom. The minimum Gasteiger partial charge on any atom is -0.335 e. The Morgan fingerprint density at radius 1 is 1.47 bits per heavy atom. The summed E-state index contributed by atoms with van der Waals surface area (Å²) in [5.74, 6) is -1.23. The molecule has 1 rings (SSSR count). The van der Waals surface area contributed by atoms with E-state index in [1.54, 1.807) is 14.0 Å². The second-order valence-electron chi connectivity index (χ2n) is 4.11. The van der Waals surface area contributed by atoms with Crippen molar-refractivity contribution in [2.24, 2.45) is 5.92 Å². The van der Waals surface area contributed by atoms with Crippen molar-refractivity contribution in [2.45, 2.75) is 19.9 Å². The van der Waals surface area contributed by atoms with Crippen molar-refractivity contribution in [3.8, 4) is 0 Å². The normalized spacial score (nSPS) is 24.3. The monoisotopic (exact) mass is 212 g/mol. The number of likely N-dealkylation sites (N-methyl/N-ethyl adjacent to an activating group) is 1. The molecule has 0 aromatic heterocycles. The van der Waals surface area contributed by atoms with Gasteiger partial charge in [0.2, 0.25) is 0 Å². The van der Waals surface area contributed by atoms with E-state index < -0.39 is 11.8 Å². The van der Waals surface area contributed by atoms with Gasteiger partial charge in [-0.2, -0.15) is 0 Å². The molecule has 0 aromatic rings. The fourth-order valence-corrected chi connectivity index (χ4v) is 1.68. The van der Waals surface area contributed by atoms with Gasteiger partial charge in [-0.25, -0.2) is 0 Å². The summed E-state index contributed by atoms with van der Waals surface area (Å²) in [6.45, 7) is 4.45. The van der Waals surface area contributed by atoms with Crippen LogP contribution < -0.4 is 0 Å². The fourth-order valence-electron chi connectivity index (χ4n) is 1.68. The van der Waals surface area contributed by atoms with Gasteiger partial charge in [-0.3, -0.25) is 9.59 Å². The molecule has 1 saturated heterocycles. The lowest BCUT2D eigenvalue weighted by Gasteiger charge is -2.37. The molecule has 15 heavy (non-hydrogen) atoms. The SMILES string of the molecule is CC(C=O)CN1C(=O)C(=O)N(C)CC1C. The maximum Gasteiger partial charge on any atom is 0.312 e. The lowest BCUT2D eigenvalue weighted by molar-refractivity contribution is -0.158. The van der Waals surface area contributed by atoms with Crippen molar-refractivity contribution in [3.05, 3.63) is 0 Å². The second kappa shape index (κ2) is 4.42. The number of hydrogen-bond acceptors (Lipinski definition) is 3. The van der Waals surface area contributed by atoms with E-state index in [2.05, 4.69) is 0 Å². The third-order valence-electron chi connectivity index (χ3n) is 2.58. The number of amides is 2. The van der Waals surface area contributed by atoms with Crippen LogP contribution in [0, 0.1) is 5.92 Å². The zero-order valence-corrected chi connectivity index (χ0v) is 9.27. The summed E-state index contributed by atoms with van der Waals surface area (Å²) in [6, 6.07) is -0.0254. The molecular formula is C10H16N2O3. The van der Waals surface area contributed by atoms with Crippen LogP contribution in [0.5, 0.6) is 0 Å². The molecule has 0 radical (unpaired) electrons. The molecular weight excluding hydrogens is 196 g/mol. The minimum absolute atomic E-state index is 0.0254. The van der Waals surface area contributed by atoms with E-state index >= 15 is 0 Å². The molecule has 5 heteroatoms. The molecule has 84 valence electrons. The predicted octanol–water partition coefficient (Wildman–Crippen LogP) is -0.489. The summed E-state index contributed by atoms with van der Waals surface area (Å²) in [5, 5.41) is 0. The molecule has 1 heterocycles. The topological polar surface area (TPSA) is 57.7 Å². The van der Waals surface area contributed by atoms with Crippen LogP contribution in [0.2, 0.25) is 0 Å². The summed E-state index contributed by atoms with van der Waals surface area (Å²) < 4.78 is 0. The van der Waals surface area contributed by atoms with Crippen LogP contribution >= 0.6 is 0 Å². The highest BCUT2D eigenvalue weighted by atomic mass is 16.2. The Bertz CT molecular complexity index is 290. The predicted molar refractivity (Wildman–Crippen MR) is 54.0 cm³/mol. The molecule has 2 amide bonds. The molecule has 0 aromatic carbocycles. The Balaban J connectivity index is 2.74. The van der Waals surface area contributed by atoms with Crippen molar-refractivity contribution in [2.75, 3.05) is 20.1 Å². The Labute approximate surface area is 89.0 Å². The van der Waals surface area contributed by atoms with Gasteiger partial charge in [0.25, 0.3) is 0 Å². The van der Waals surface area contributed by atoms with Crippen molar-refractivity contribution in [3.63, 3.8) is 0 Å². The van der Waals surface area contributed by atoms with Gasteiger partial charge in [0.15, 0.2) is 0 Å². The molecule has 0 bridgehead atoms. The average Bonchev–Trinajstić information content (AvgIpc) is 2.21. The second-order valence-corrected chi connectivity index (χ2v) is 4.11. The van der Waals surface area contributed by atoms with E-state index in [1.807, 2.05) is 6.92 Å². The molecule has 0 N–H and O–H groups in total. The van der Waals surface area contributed by atoms with Gasteiger partial charge < -0.3 is 14.6 Å². The van der Waals surface area contributed by atoms with Gasteiger partial charge in [0.1, 0.15) is 6.29 Å².